The lowest BCUT2D eigenvalue weighted by atomic mass is 9.80. The standard InChI is InChI=1S/C10H20S2/c1-7-3-4-9(5-8(2)11)6-10(7)12/h7-12H,3-6H2,1-2H3. The summed E-state index contributed by atoms with van der Waals surface area (Å²) in [5.41, 5.74) is 0. The normalized spacial score (nSPS) is 39.5. The van der Waals surface area contributed by atoms with Gasteiger partial charge in [0.2, 0.25) is 0 Å². The van der Waals surface area contributed by atoms with Crippen molar-refractivity contribution in [3.8, 4) is 0 Å². The van der Waals surface area contributed by atoms with Gasteiger partial charge in [-0.05, 0) is 36.3 Å². The first kappa shape index (κ1) is 10.8. The van der Waals surface area contributed by atoms with Gasteiger partial charge in [-0.25, -0.2) is 0 Å². The minimum Gasteiger partial charge on any atom is -0.176 e. The lowest BCUT2D eigenvalue weighted by Gasteiger charge is -2.32. The van der Waals surface area contributed by atoms with E-state index in [1.54, 1.807) is 0 Å². The maximum absolute atomic E-state index is 4.61. The zero-order chi connectivity index (χ0) is 9.14. The van der Waals surface area contributed by atoms with E-state index in [9.17, 15) is 0 Å². The summed E-state index contributed by atoms with van der Waals surface area (Å²) >= 11 is 9.05. The monoisotopic (exact) mass is 204 g/mol. The third-order valence-corrected chi connectivity index (χ3v) is 3.87. The van der Waals surface area contributed by atoms with E-state index >= 15 is 0 Å². The third kappa shape index (κ3) is 3.21. The summed E-state index contributed by atoms with van der Waals surface area (Å²) in [7, 11) is 0. The molecule has 0 saturated heterocycles. The average Bonchev–Trinajstić information content (AvgIpc) is 1.96. The highest BCUT2D eigenvalue weighted by Crippen LogP contribution is 2.34. The van der Waals surface area contributed by atoms with Gasteiger partial charge in [0.15, 0.2) is 0 Å². The molecule has 0 radical (unpaired) electrons. The van der Waals surface area contributed by atoms with Crippen molar-refractivity contribution in [2.45, 2.75) is 50.0 Å². The van der Waals surface area contributed by atoms with Crippen molar-refractivity contribution in [2.75, 3.05) is 0 Å². The van der Waals surface area contributed by atoms with Crippen LogP contribution in [0, 0.1) is 11.8 Å². The molecule has 0 bridgehead atoms. The average molecular weight is 204 g/mol. The van der Waals surface area contributed by atoms with Gasteiger partial charge < -0.3 is 0 Å². The topological polar surface area (TPSA) is 0 Å². The molecule has 4 unspecified atom stereocenters. The molecule has 72 valence electrons. The van der Waals surface area contributed by atoms with Gasteiger partial charge in [-0.1, -0.05) is 20.3 Å². The Morgan fingerprint density at radius 1 is 1.42 bits per heavy atom. The molecule has 1 aliphatic carbocycles. The van der Waals surface area contributed by atoms with Crippen LogP contribution in [0.2, 0.25) is 0 Å². The highest BCUT2D eigenvalue weighted by atomic mass is 32.1. The Morgan fingerprint density at radius 3 is 2.58 bits per heavy atom. The Labute approximate surface area is 87.3 Å². The SMILES string of the molecule is CC(S)CC1CCC(C)C(S)C1. The molecule has 0 aromatic heterocycles. The Kier molecular flexibility index (Phi) is 4.31. The highest BCUT2D eigenvalue weighted by molar-refractivity contribution is 7.81. The van der Waals surface area contributed by atoms with Crippen molar-refractivity contribution in [1.29, 1.82) is 0 Å². The van der Waals surface area contributed by atoms with Crippen LogP contribution in [0.3, 0.4) is 0 Å². The van der Waals surface area contributed by atoms with Gasteiger partial charge in [0.25, 0.3) is 0 Å². The maximum atomic E-state index is 4.61. The van der Waals surface area contributed by atoms with Crippen LogP contribution in [-0.4, -0.2) is 10.5 Å². The smallest absolute Gasteiger partial charge is 0.00450 e. The van der Waals surface area contributed by atoms with Crippen LogP contribution in [0.25, 0.3) is 0 Å². The molecule has 0 aliphatic heterocycles. The number of hydrogen-bond donors (Lipinski definition) is 2. The summed E-state index contributed by atoms with van der Waals surface area (Å²) in [6.45, 7) is 4.51. The summed E-state index contributed by atoms with van der Waals surface area (Å²) < 4.78 is 0. The van der Waals surface area contributed by atoms with E-state index < -0.39 is 0 Å². The van der Waals surface area contributed by atoms with Crippen molar-refractivity contribution in [3.05, 3.63) is 0 Å². The van der Waals surface area contributed by atoms with Crippen molar-refractivity contribution >= 4 is 25.3 Å². The fourth-order valence-corrected chi connectivity index (χ4v) is 2.82. The molecular formula is C10H20S2. The summed E-state index contributed by atoms with van der Waals surface area (Å²) in [6.07, 6.45) is 5.32. The van der Waals surface area contributed by atoms with Crippen LogP contribution in [0.1, 0.15) is 39.5 Å². The van der Waals surface area contributed by atoms with Gasteiger partial charge in [-0.2, -0.15) is 25.3 Å². The third-order valence-electron chi connectivity index (χ3n) is 2.94. The van der Waals surface area contributed by atoms with Crippen molar-refractivity contribution in [1.82, 2.24) is 0 Å². The van der Waals surface area contributed by atoms with Gasteiger partial charge in [0, 0.05) is 5.25 Å². The molecule has 0 aromatic carbocycles. The second-order valence-corrected chi connectivity index (χ2v) is 5.85. The molecule has 0 nitrogen and oxygen atoms in total. The van der Waals surface area contributed by atoms with E-state index in [1.165, 1.54) is 25.7 Å². The molecular weight excluding hydrogens is 184 g/mol. The largest absolute Gasteiger partial charge is 0.176 e. The van der Waals surface area contributed by atoms with Gasteiger partial charge >= 0.3 is 0 Å². The number of thiol groups is 2. The maximum Gasteiger partial charge on any atom is 0.00450 e. The van der Waals surface area contributed by atoms with E-state index in [0.717, 1.165) is 11.8 Å². The minimum absolute atomic E-state index is 0.559. The van der Waals surface area contributed by atoms with Crippen LogP contribution >= 0.6 is 25.3 Å². The molecule has 12 heavy (non-hydrogen) atoms. The lowest BCUT2D eigenvalue weighted by molar-refractivity contribution is 0.288. The van der Waals surface area contributed by atoms with Crippen LogP contribution in [0.15, 0.2) is 0 Å². The van der Waals surface area contributed by atoms with E-state index in [0.29, 0.717) is 10.5 Å². The molecule has 1 fully saturated rings. The summed E-state index contributed by atoms with van der Waals surface area (Å²) in [5.74, 6) is 1.70. The first-order valence-electron chi connectivity index (χ1n) is 4.95. The summed E-state index contributed by atoms with van der Waals surface area (Å²) in [6, 6.07) is 0. The second kappa shape index (κ2) is 4.80. The lowest BCUT2D eigenvalue weighted by Crippen LogP contribution is -2.24. The number of hydrogen-bond acceptors (Lipinski definition) is 2. The fraction of sp³-hybridized carbons (Fsp3) is 1.00. The van der Waals surface area contributed by atoms with E-state index in [4.69, 9.17) is 0 Å². The Morgan fingerprint density at radius 2 is 2.08 bits per heavy atom. The van der Waals surface area contributed by atoms with Gasteiger partial charge in [-0.3, -0.25) is 0 Å². The minimum atomic E-state index is 0.559. The molecule has 0 N–H and O–H groups in total. The number of rotatable bonds is 2. The second-order valence-electron chi connectivity index (χ2n) is 4.31. The van der Waals surface area contributed by atoms with E-state index in [-0.39, 0.29) is 0 Å². The van der Waals surface area contributed by atoms with Crippen molar-refractivity contribution in [2.24, 2.45) is 11.8 Å². The molecule has 1 rings (SSSR count). The van der Waals surface area contributed by atoms with E-state index in [1.807, 2.05) is 0 Å². The van der Waals surface area contributed by atoms with Crippen LogP contribution < -0.4 is 0 Å². The first-order valence-corrected chi connectivity index (χ1v) is 5.99. The summed E-state index contributed by atoms with van der Waals surface area (Å²) in [4.78, 5) is 0. The molecule has 1 aliphatic rings. The van der Waals surface area contributed by atoms with E-state index in [2.05, 4.69) is 39.1 Å². The summed E-state index contributed by atoms with van der Waals surface area (Å²) in [5, 5.41) is 1.19. The Hall–Kier alpha value is 0.700. The predicted octanol–water partition coefficient (Wildman–Crippen LogP) is 3.43. The van der Waals surface area contributed by atoms with Crippen LogP contribution in [0.5, 0.6) is 0 Å². The fourth-order valence-electron chi connectivity index (χ4n) is 2.08. The van der Waals surface area contributed by atoms with Crippen LogP contribution in [-0.2, 0) is 0 Å². The van der Waals surface area contributed by atoms with Gasteiger partial charge in [0.05, 0.1) is 0 Å². The van der Waals surface area contributed by atoms with Gasteiger partial charge in [0.1, 0.15) is 0 Å². The van der Waals surface area contributed by atoms with Crippen molar-refractivity contribution in [3.63, 3.8) is 0 Å². The predicted molar refractivity (Wildman–Crippen MR) is 62.3 cm³/mol. The van der Waals surface area contributed by atoms with Crippen LogP contribution in [0.4, 0.5) is 0 Å². The quantitative estimate of drug-likeness (QED) is 0.633. The molecule has 1 saturated carbocycles. The highest BCUT2D eigenvalue weighted by Gasteiger charge is 2.25. The molecule has 4 atom stereocenters. The van der Waals surface area contributed by atoms with Crippen molar-refractivity contribution < 1.29 is 0 Å². The molecule has 0 spiro atoms. The molecule has 0 heterocycles. The zero-order valence-electron chi connectivity index (χ0n) is 8.03. The zero-order valence-corrected chi connectivity index (χ0v) is 9.82. The Balaban J connectivity index is 2.30. The molecule has 0 amide bonds. The first-order chi connectivity index (χ1) is 5.59. The van der Waals surface area contributed by atoms with Gasteiger partial charge in [-0.15, -0.1) is 0 Å². The molecule has 0 aromatic rings. The molecule has 2 heteroatoms. The Bertz CT molecular complexity index is 134.